The summed E-state index contributed by atoms with van der Waals surface area (Å²) < 4.78 is 0. The molecule has 5 heteroatoms. The van der Waals surface area contributed by atoms with E-state index < -0.39 is 0 Å². The molecule has 1 aliphatic heterocycles. The minimum Gasteiger partial charge on any atom is -0.332 e. The van der Waals surface area contributed by atoms with E-state index in [1.165, 1.54) is 6.92 Å². The molecule has 1 saturated heterocycles. The third-order valence-corrected chi connectivity index (χ3v) is 4.56. The molecule has 27 heavy (non-hydrogen) atoms. The van der Waals surface area contributed by atoms with E-state index in [2.05, 4.69) is 13.8 Å². The molecule has 0 unspecified atom stereocenters. The van der Waals surface area contributed by atoms with Crippen LogP contribution in [0.5, 0.6) is 0 Å². The number of hydrogen-bond acceptors (Lipinski definition) is 3. The molecule has 5 nitrogen and oxygen atoms in total. The smallest absolute Gasteiger partial charge is 0.246 e. The van der Waals surface area contributed by atoms with Crippen LogP contribution in [0.3, 0.4) is 0 Å². The molecular formula is C22H34N2O3. The summed E-state index contributed by atoms with van der Waals surface area (Å²) in [6, 6.07) is 7.09. The third-order valence-electron chi connectivity index (χ3n) is 4.56. The largest absolute Gasteiger partial charge is 0.332 e. The number of benzene rings is 1. The highest BCUT2D eigenvalue weighted by Crippen LogP contribution is 2.20. The van der Waals surface area contributed by atoms with Crippen LogP contribution in [0.25, 0.3) is 0 Å². The summed E-state index contributed by atoms with van der Waals surface area (Å²) in [5, 5.41) is 0. The van der Waals surface area contributed by atoms with Crippen LogP contribution in [0.2, 0.25) is 0 Å². The van der Waals surface area contributed by atoms with Crippen molar-refractivity contribution >= 4 is 23.3 Å². The van der Waals surface area contributed by atoms with E-state index in [4.69, 9.17) is 0 Å². The Labute approximate surface area is 163 Å². The first-order chi connectivity index (χ1) is 12.9. The highest BCUT2D eigenvalue weighted by molar-refractivity contribution is 6.00. The fraction of sp³-hybridized carbons (Fsp3) is 0.591. The normalized spacial score (nSPS) is 14.1. The fourth-order valence-corrected chi connectivity index (χ4v) is 3.04. The molecule has 0 atom stereocenters. The first-order valence-corrected chi connectivity index (χ1v) is 10.1. The monoisotopic (exact) mass is 374 g/mol. The molecule has 1 fully saturated rings. The number of unbranched alkanes of at least 4 members (excludes halogenated alkanes) is 1. The van der Waals surface area contributed by atoms with Gasteiger partial charge in [-0.05, 0) is 31.4 Å². The van der Waals surface area contributed by atoms with Gasteiger partial charge in [-0.3, -0.25) is 14.4 Å². The van der Waals surface area contributed by atoms with Gasteiger partial charge in [0.25, 0.3) is 0 Å². The summed E-state index contributed by atoms with van der Waals surface area (Å²) in [4.78, 5) is 39.6. The Hall–Kier alpha value is -2.17. The molecule has 0 radical (unpaired) electrons. The molecule has 2 amide bonds. The average Bonchev–Trinajstić information content (AvgIpc) is 2.66. The van der Waals surface area contributed by atoms with E-state index in [1.54, 1.807) is 28.0 Å². The zero-order chi connectivity index (χ0) is 20.4. The van der Waals surface area contributed by atoms with Gasteiger partial charge in [0, 0.05) is 30.8 Å². The van der Waals surface area contributed by atoms with Gasteiger partial charge in [-0.2, -0.15) is 0 Å². The van der Waals surface area contributed by atoms with E-state index >= 15 is 0 Å². The second kappa shape index (κ2) is 11.5. The minimum absolute atomic E-state index is 0.0236. The predicted molar refractivity (Wildman–Crippen MR) is 110 cm³/mol. The topological polar surface area (TPSA) is 57.7 Å². The summed E-state index contributed by atoms with van der Waals surface area (Å²) in [5.41, 5.74) is 1.32. The van der Waals surface area contributed by atoms with Crippen molar-refractivity contribution in [3.05, 3.63) is 29.8 Å². The zero-order valence-electron chi connectivity index (χ0n) is 17.5. The van der Waals surface area contributed by atoms with Crippen LogP contribution < -0.4 is 4.90 Å². The maximum absolute atomic E-state index is 12.5. The lowest BCUT2D eigenvalue weighted by atomic mass is 10.0. The molecule has 1 aromatic rings. The van der Waals surface area contributed by atoms with Crippen molar-refractivity contribution in [3.63, 3.8) is 0 Å². The van der Waals surface area contributed by atoms with Crippen molar-refractivity contribution in [2.75, 3.05) is 24.5 Å². The molecule has 0 bridgehead atoms. The molecule has 2 rings (SSSR count). The van der Waals surface area contributed by atoms with Gasteiger partial charge in [-0.15, -0.1) is 0 Å². The Balaban J connectivity index is 0.00000176. The lowest BCUT2D eigenvalue weighted by Gasteiger charge is -2.34. The van der Waals surface area contributed by atoms with E-state index in [0.717, 1.165) is 24.9 Å². The number of hydrogen-bond donors (Lipinski definition) is 0. The molecule has 150 valence electrons. The Morgan fingerprint density at radius 1 is 1.11 bits per heavy atom. The fourth-order valence-electron chi connectivity index (χ4n) is 3.04. The number of nitrogens with zero attached hydrogens (tertiary/aromatic N) is 2. The van der Waals surface area contributed by atoms with Gasteiger partial charge in [0.1, 0.15) is 6.54 Å². The van der Waals surface area contributed by atoms with Crippen molar-refractivity contribution in [3.8, 4) is 0 Å². The van der Waals surface area contributed by atoms with Crippen LogP contribution in [0.4, 0.5) is 5.69 Å². The van der Waals surface area contributed by atoms with Gasteiger partial charge in [-0.1, -0.05) is 52.7 Å². The number of amides is 2. The molecule has 0 aromatic heterocycles. The number of rotatable bonds is 7. The summed E-state index contributed by atoms with van der Waals surface area (Å²) in [6.45, 7) is 11.0. The molecule has 1 aliphatic rings. The maximum atomic E-state index is 12.5. The van der Waals surface area contributed by atoms with E-state index in [0.29, 0.717) is 31.0 Å². The molecule has 0 spiro atoms. The van der Waals surface area contributed by atoms with Crippen LogP contribution in [-0.2, 0) is 9.59 Å². The number of piperazine rings is 1. The molecule has 0 saturated carbocycles. The quantitative estimate of drug-likeness (QED) is 0.528. The zero-order valence-corrected chi connectivity index (χ0v) is 17.5. The Bertz CT molecular complexity index is 640. The van der Waals surface area contributed by atoms with E-state index in [9.17, 15) is 14.4 Å². The summed E-state index contributed by atoms with van der Waals surface area (Å²) >= 11 is 0. The van der Waals surface area contributed by atoms with Crippen LogP contribution in [0.15, 0.2) is 24.3 Å². The first kappa shape index (κ1) is 22.9. The van der Waals surface area contributed by atoms with Gasteiger partial charge in [0.15, 0.2) is 5.78 Å². The van der Waals surface area contributed by atoms with Crippen LogP contribution in [0, 0.1) is 5.92 Å². The summed E-state index contributed by atoms with van der Waals surface area (Å²) in [7, 11) is 0. The van der Waals surface area contributed by atoms with Gasteiger partial charge in [0.05, 0.1) is 0 Å². The van der Waals surface area contributed by atoms with Gasteiger partial charge >= 0.3 is 0 Å². The number of carbonyl (C=O) groups is 3. The Morgan fingerprint density at radius 2 is 1.81 bits per heavy atom. The predicted octanol–water partition coefficient (Wildman–Crippen LogP) is 4.31. The number of anilines is 1. The first-order valence-electron chi connectivity index (χ1n) is 10.1. The number of carbonyl (C=O) groups excluding carboxylic acids is 3. The SMILES string of the molecule is CC.CC(=O)c1cccc(N2CCN(C(=O)CCCCC(C)C)CC2=O)c1. The van der Waals surface area contributed by atoms with Gasteiger partial charge in [-0.25, -0.2) is 0 Å². The second-order valence-electron chi connectivity index (χ2n) is 7.11. The lowest BCUT2D eigenvalue weighted by Crippen LogP contribution is -2.52. The highest BCUT2D eigenvalue weighted by Gasteiger charge is 2.27. The van der Waals surface area contributed by atoms with E-state index in [1.807, 2.05) is 19.9 Å². The minimum atomic E-state index is -0.0949. The number of ketones is 1. The van der Waals surface area contributed by atoms with Crippen molar-refractivity contribution in [1.29, 1.82) is 0 Å². The molecule has 1 aromatic carbocycles. The average molecular weight is 375 g/mol. The Morgan fingerprint density at radius 3 is 2.41 bits per heavy atom. The van der Waals surface area contributed by atoms with E-state index in [-0.39, 0.29) is 24.1 Å². The van der Waals surface area contributed by atoms with Gasteiger partial charge in [0.2, 0.25) is 11.8 Å². The van der Waals surface area contributed by atoms with Crippen molar-refractivity contribution < 1.29 is 14.4 Å². The third kappa shape index (κ3) is 7.16. The van der Waals surface area contributed by atoms with Crippen molar-refractivity contribution in [1.82, 2.24) is 4.90 Å². The van der Waals surface area contributed by atoms with Crippen molar-refractivity contribution in [2.45, 2.75) is 60.3 Å². The standard InChI is InChI=1S/C20H28N2O3.C2H6/c1-15(2)7-4-5-10-19(24)21-11-12-22(20(25)14-21)18-9-6-8-17(13-18)16(3)23;1-2/h6,8-9,13,15H,4-5,7,10-12,14H2,1-3H3;1-2H3. The molecule has 0 aliphatic carbocycles. The highest BCUT2D eigenvalue weighted by atomic mass is 16.2. The van der Waals surface area contributed by atoms with Crippen LogP contribution in [0.1, 0.15) is 70.7 Å². The maximum Gasteiger partial charge on any atom is 0.246 e. The van der Waals surface area contributed by atoms with Crippen LogP contribution in [-0.4, -0.2) is 42.1 Å². The molecule has 0 N–H and O–H groups in total. The van der Waals surface area contributed by atoms with Crippen molar-refractivity contribution in [2.24, 2.45) is 5.92 Å². The Kier molecular flexibility index (Phi) is 9.76. The second-order valence-corrected chi connectivity index (χ2v) is 7.11. The summed E-state index contributed by atoms with van der Waals surface area (Å²) in [6.07, 6.45) is 3.58. The molecular weight excluding hydrogens is 340 g/mol. The summed E-state index contributed by atoms with van der Waals surface area (Å²) in [5.74, 6) is 0.604. The molecule has 1 heterocycles. The lowest BCUT2D eigenvalue weighted by molar-refractivity contribution is -0.137. The number of Topliss-reactive ketones (excluding diaryl/α,β-unsaturated/α-hetero) is 1. The van der Waals surface area contributed by atoms with Gasteiger partial charge < -0.3 is 9.80 Å². The van der Waals surface area contributed by atoms with Crippen LogP contribution >= 0.6 is 0 Å².